The first-order chi connectivity index (χ1) is 4.33. The predicted octanol–water partition coefficient (Wildman–Crippen LogP) is -0.640. The summed E-state index contributed by atoms with van der Waals surface area (Å²) in [5.41, 5.74) is 0.737. The van der Waals surface area contributed by atoms with E-state index in [1.54, 1.807) is 6.20 Å². The molecule has 0 unspecified atom stereocenters. The van der Waals surface area contributed by atoms with E-state index in [-0.39, 0.29) is 105 Å². The first kappa shape index (κ1) is 20.6. The predicted molar refractivity (Wildman–Crippen MR) is 35.5 cm³/mol. The fourth-order valence-corrected chi connectivity index (χ4v) is 0.940. The fourth-order valence-electron chi connectivity index (χ4n) is 0.518. The van der Waals surface area contributed by atoms with Crippen LogP contribution in [0, 0.1) is 0 Å². The van der Waals surface area contributed by atoms with Crippen molar-refractivity contribution in [2.24, 2.45) is 0 Å². The summed E-state index contributed by atoms with van der Waals surface area (Å²) in [5, 5.41) is 8.57. The average molecular weight is 494 g/mol. The molecule has 1 rings (SSSR count). The number of aliphatic hydroxyl groups is 1. The van der Waals surface area contributed by atoms with E-state index in [9.17, 15) is 0 Å². The molecule has 1 aromatic heterocycles. The van der Waals surface area contributed by atoms with Gasteiger partial charge in [0.25, 0.3) is 0 Å². The van der Waals surface area contributed by atoms with Crippen LogP contribution in [0.1, 0.15) is 5.69 Å². The molecule has 0 aliphatic carbocycles. The van der Waals surface area contributed by atoms with Crippen molar-refractivity contribution in [3.63, 3.8) is 0 Å². The fraction of sp³-hybridized carbons (Fsp3) is 0.167. The van der Waals surface area contributed by atoms with Crippen LogP contribution in [0.3, 0.4) is 0 Å². The first-order valence-electron chi connectivity index (χ1n) is 2.60. The van der Waals surface area contributed by atoms with Gasteiger partial charge in [-0.3, -0.25) is 0 Å². The Hall–Kier alpha value is 3.22. The molecule has 0 saturated heterocycles. The summed E-state index contributed by atoms with van der Waals surface area (Å²) in [5.74, 6) is 0. The molecule has 0 aromatic carbocycles. The van der Waals surface area contributed by atoms with Gasteiger partial charge in [-0.05, 0) is 0 Å². The van der Waals surface area contributed by atoms with Gasteiger partial charge in [0.2, 0.25) is 0 Å². The van der Waals surface area contributed by atoms with Gasteiger partial charge < -0.3 is 0 Å². The second-order valence-corrected chi connectivity index (χ2v) is 3.34. The molecule has 54 valence electrons. The molecule has 0 amide bonds. The topological polar surface area (TPSA) is 33.1 Å². The second-order valence-electron chi connectivity index (χ2n) is 1.70. The Kier molecular flexibility index (Phi) is 21.1. The quantitative estimate of drug-likeness (QED) is 0.529. The number of pyridine rings is 1. The van der Waals surface area contributed by atoms with Gasteiger partial charge in [0.05, 0.1) is 0 Å². The van der Waals surface area contributed by atoms with Crippen LogP contribution < -0.4 is 3.58 Å². The zero-order chi connectivity index (χ0) is 6.69. The minimum Gasteiger partial charge on any atom is 0 e. The molecule has 0 atom stereocenters. The standard InChI is InChI=1S/C6H6NO.Sn.3Y/c8-5-6-3-1-2-4-7-6;;;;/h1,3-4,8H,5H2;;;;. The number of hydrogen-bond donors (Lipinski definition) is 1. The van der Waals surface area contributed by atoms with Crippen molar-refractivity contribution in [1.82, 2.24) is 4.98 Å². The molecule has 1 aromatic rings. The minimum atomic E-state index is 0. The monoisotopic (exact) mass is 495 g/mol. The summed E-state index contributed by atoms with van der Waals surface area (Å²) in [6.07, 6.45) is 1.78. The Bertz CT molecular complexity index is 194. The summed E-state index contributed by atoms with van der Waals surface area (Å²) in [6, 6.07) is 3.81. The van der Waals surface area contributed by atoms with Gasteiger partial charge >= 0.3 is 66.8 Å². The zero-order valence-electron chi connectivity index (χ0n) is 6.57. The maximum atomic E-state index is 8.57. The van der Waals surface area contributed by atoms with Crippen molar-refractivity contribution in [1.29, 1.82) is 0 Å². The number of aromatic nitrogens is 1. The third kappa shape index (κ3) is 8.52. The molecule has 0 aliphatic heterocycles. The van der Waals surface area contributed by atoms with Gasteiger partial charge in [0, 0.05) is 98.1 Å². The van der Waals surface area contributed by atoms with E-state index in [1.165, 1.54) is 26.1 Å². The van der Waals surface area contributed by atoms with Gasteiger partial charge in [-0.1, -0.05) is 0 Å². The SMILES string of the molecule is OCc1cc[c]([Sn])cn1.[Y].[Y].[Y]. The molecule has 0 aliphatic rings. The van der Waals surface area contributed by atoms with Crippen molar-refractivity contribution >= 4 is 26.1 Å². The van der Waals surface area contributed by atoms with Crippen LogP contribution in [0.15, 0.2) is 18.3 Å². The number of nitrogens with zero attached hydrogens (tertiary/aromatic N) is 1. The molecular formula is C6H6NOSnY3. The van der Waals surface area contributed by atoms with Crippen molar-refractivity contribution in [3.8, 4) is 0 Å². The summed E-state index contributed by atoms with van der Waals surface area (Å²) in [4.78, 5) is 3.97. The van der Waals surface area contributed by atoms with Crippen LogP contribution >= 0.6 is 0 Å². The Morgan fingerprint density at radius 2 is 1.83 bits per heavy atom. The Labute approximate surface area is 161 Å². The molecule has 0 saturated carbocycles. The minimum absolute atomic E-state index is 0. The van der Waals surface area contributed by atoms with Crippen LogP contribution in [0.5, 0.6) is 0 Å². The molecule has 1 heterocycles. The average Bonchev–Trinajstić information content (AvgIpc) is 1.90. The van der Waals surface area contributed by atoms with Gasteiger partial charge in [0.15, 0.2) is 0 Å². The summed E-state index contributed by atoms with van der Waals surface area (Å²) in [7, 11) is 0. The van der Waals surface area contributed by atoms with E-state index in [2.05, 4.69) is 4.98 Å². The summed E-state index contributed by atoms with van der Waals surface area (Å²) < 4.78 is 1.21. The van der Waals surface area contributed by atoms with E-state index in [0.717, 1.165) is 5.69 Å². The van der Waals surface area contributed by atoms with E-state index in [1.807, 2.05) is 12.1 Å². The van der Waals surface area contributed by atoms with Crippen LogP contribution in [0.25, 0.3) is 0 Å². The molecule has 0 spiro atoms. The Morgan fingerprint density at radius 1 is 1.25 bits per heavy atom. The third-order valence-corrected chi connectivity index (χ3v) is 1.83. The van der Waals surface area contributed by atoms with Crippen molar-refractivity contribution in [2.45, 2.75) is 6.61 Å². The van der Waals surface area contributed by atoms with Crippen LogP contribution in [0.4, 0.5) is 0 Å². The number of rotatable bonds is 1. The summed E-state index contributed by atoms with van der Waals surface area (Å²) in [6.45, 7) is 0.0381. The molecule has 12 heavy (non-hydrogen) atoms. The van der Waals surface area contributed by atoms with Gasteiger partial charge in [-0.2, -0.15) is 0 Å². The number of aliphatic hydroxyl groups excluding tert-OH is 1. The maximum absolute atomic E-state index is 8.57. The molecule has 6 heteroatoms. The van der Waals surface area contributed by atoms with Crippen molar-refractivity contribution in [3.05, 3.63) is 24.0 Å². The number of hydrogen-bond acceptors (Lipinski definition) is 2. The van der Waals surface area contributed by atoms with E-state index in [0.29, 0.717) is 0 Å². The van der Waals surface area contributed by atoms with E-state index < -0.39 is 0 Å². The molecule has 6 radical (unpaired) electrons. The van der Waals surface area contributed by atoms with Gasteiger partial charge in [-0.15, -0.1) is 0 Å². The molecular weight excluding hydrogens is 488 g/mol. The van der Waals surface area contributed by atoms with Gasteiger partial charge in [-0.25, -0.2) is 0 Å². The van der Waals surface area contributed by atoms with Crippen molar-refractivity contribution < 1.29 is 103 Å². The van der Waals surface area contributed by atoms with E-state index >= 15 is 0 Å². The Morgan fingerprint density at radius 3 is 2.17 bits per heavy atom. The molecule has 1 N–H and O–H groups in total. The summed E-state index contributed by atoms with van der Waals surface area (Å²) >= 11 is 1.36. The third-order valence-electron chi connectivity index (χ3n) is 0.987. The normalized spacial score (nSPS) is 7.17. The van der Waals surface area contributed by atoms with Crippen LogP contribution in [-0.4, -0.2) is 32.6 Å². The molecule has 2 nitrogen and oxygen atoms in total. The van der Waals surface area contributed by atoms with Crippen LogP contribution in [-0.2, 0) is 105 Å². The molecule has 0 bridgehead atoms. The smallest absolute Gasteiger partial charge is 0 e. The van der Waals surface area contributed by atoms with Crippen molar-refractivity contribution in [2.75, 3.05) is 0 Å². The molecule has 0 fully saturated rings. The first-order valence-corrected chi connectivity index (χ1v) is 4.03. The zero-order valence-corrected chi connectivity index (χ0v) is 17.9. The van der Waals surface area contributed by atoms with Crippen LogP contribution in [0.2, 0.25) is 0 Å². The van der Waals surface area contributed by atoms with Gasteiger partial charge in [0.1, 0.15) is 0 Å². The maximum Gasteiger partial charge on any atom is 0 e. The van der Waals surface area contributed by atoms with E-state index in [4.69, 9.17) is 5.11 Å². The second kappa shape index (κ2) is 12.3. The largest absolute Gasteiger partial charge is 0 e. The Balaban J connectivity index is -0.000000270.